The maximum Gasteiger partial charge on any atom is 0.330 e. The van der Waals surface area contributed by atoms with E-state index in [0.29, 0.717) is 12.0 Å². The van der Waals surface area contributed by atoms with Crippen LogP contribution in [0, 0.1) is 6.92 Å². The Bertz CT molecular complexity index is 629. The second-order valence-corrected chi connectivity index (χ2v) is 4.35. The molecule has 1 aromatic rings. The van der Waals surface area contributed by atoms with Crippen LogP contribution in [-0.2, 0) is 4.74 Å². The van der Waals surface area contributed by atoms with Crippen molar-refractivity contribution in [1.29, 1.82) is 0 Å². The van der Waals surface area contributed by atoms with Gasteiger partial charge in [-0.15, -0.1) is 0 Å². The maximum atomic E-state index is 11.7. The highest BCUT2D eigenvalue weighted by atomic mass is 16.5. The Labute approximate surface area is 107 Å². The normalized spacial score (nSPS) is 26.1. The number of azide groups is 1. The number of nitrogens with one attached hydrogen (secondary N) is 1. The molecule has 0 unspecified atom stereocenters. The lowest BCUT2D eigenvalue weighted by molar-refractivity contribution is 0.00158. The molecule has 0 saturated carbocycles. The van der Waals surface area contributed by atoms with Crippen molar-refractivity contribution in [2.24, 2.45) is 10.8 Å². The Balaban J connectivity index is 2.34. The van der Waals surface area contributed by atoms with Gasteiger partial charge in [-0.25, -0.2) is 4.79 Å². The van der Waals surface area contributed by atoms with Crippen LogP contribution < -0.4 is 17.0 Å². The van der Waals surface area contributed by atoms with Crippen molar-refractivity contribution < 1.29 is 4.74 Å². The van der Waals surface area contributed by atoms with Gasteiger partial charge in [0.25, 0.3) is 5.56 Å². The van der Waals surface area contributed by atoms with E-state index in [1.54, 1.807) is 6.92 Å². The van der Waals surface area contributed by atoms with E-state index in [1.165, 1.54) is 10.8 Å². The van der Waals surface area contributed by atoms with Gasteiger partial charge in [-0.2, -0.15) is 0 Å². The Kier molecular flexibility index (Phi) is 3.70. The molecule has 19 heavy (non-hydrogen) atoms. The van der Waals surface area contributed by atoms with Gasteiger partial charge in [0.1, 0.15) is 6.23 Å². The number of hydrogen-bond acceptors (Lipinski definition) is 5. The van der Waals surface area contributed by atoms with Crippen molar-refractivity contribution >= 4 is 0 Å². The number of ether oxygens (including phenoxy) is 1. The Morgan fingerprint density at radius 1 is 1.68 bits per heavy atom. The molecule has 3 atom stereocenters. The second-order valence-electron chi connectivity index (χ2n) is 4.35. The highest BCUT2D eigenvalue weighted by molar-refractivity contribution is 5.02. The summed E-state index contributed by atoms with van der Waals surface area (Å²) in [6.45, 7) is 1.78. The SMILES string of the molecule is Cc1cn([C@H]2C[C@H](N=[N+]=[N-])[C@@H](CN)O2)c(=O)[nH]c1=O. The van der Waals surface area contributed by atoms with E-state index in [9.17, 15) is 9.59 Å². The number of nitrogens with zero attached hydrogens (tertiary/aromatic N) is 4. The molecule has 0 aliphatic carbocycles. The first kappa shape index (κ1) is 13.3. The average Bonchev–Trinajstić information content (AvgIpc) is 2.77. The fourth-order valence-corrected chi connectivity index (χ4v) is 2.09. The van der Waals surface area contributed by atoms with Crippen molar-refractivity contribution in [2.75, 3.05) is 6.54 Å². The van der Waals surface area contributed by atoms with Gasteiger partial charge < -0.3 is 10.5 Å². The Hall–Kier alpha value is -2.09. The second kappa shape index (κ2) is 5.27. The molecule has 9 nitrogen and oxygen atoms in total. The molecule has 2 heterocycles. The standard InChI is InChI=1S/C10H14N6O3/c1-5-4-16(10(18)13-9(5)17)8-2-6(14-15-12)7(3-11)19-8/h4,6-8H,2-3,11H2,1H3,(H,13,17,18)/t6-,7+,8+/m0/s1. The molecule has 0 bridgehead atoms. The number of H-pyrrole nitrogens is 1. The van der Waals surface area contributed by atoms with E-state index in [2.05, 4.69) is 15.0 Å². The predicted octanol–water partition coefficient (Wildman–Crippen LogP) is -0.230. The maximum absolute atomic E-state index is 11.7. The molecular formula is C10H14N6O3. The quantitative estimate of drug-likeness (QED) is 0.443. The van der Waals surface area contributed by atoms with Gasteiger partial charge in [0, 0.05) is 29.6 Å². The van der Waals surface area contributed by atoms with Gasteiger partial charge in [0.2, 0.25) is 0 Å². The highest BCUT2D eigenvalue weighted by Gasteiger charge is 2.35. The fraction of sp³-hybridized carbons (Fsp3) is 0.600. The Morgan fingerprint density at radius 3 is 3.05 bits per heavy atom. The van der Waals surface area contributed by atoms with Gasteiger partial charge in [0.15, 0.2) is 0 Å². The summed E-state index contributed by atoms with van der Waals surface area (Å²) in [6.07, 6.45) is 0.752. The zero-order chi connectivity index (χ0) is 14.0. The molecule has 0 amide bonds. The first-order valence-electron chi connectivity index (χ1n) is 5.78. The van der Waals surface area contributed by atoms with E-state index >= 15 is 0 Å². The minimum Gasteiger partial charge on any atom is -0.353 e. The summed E-state index contributed by atoms with van der Waals surface area (Å²) in [7, 11) is 0. The third-order valence-corrected chi connectivity index (χ3v) is 3.09. The van der Waals surface area contributed by atoms with Crippen LogP contribution in [-0.4, -0.2) is 28.2 Å². The Morgan fingerprint density at radius 2 is 2.42 bits per heavy atom. The van der Waals surface area contributed by atoms with Crippen LogP contribution in [0.25, 0.3) is 10.4 Å². The number of aromatic amines is 1. The summed E-state index contributed by atoms with van der Waals surface area (Å²) in [5.74, 6) is 0. The number of rotatable bonds is 3. The smallest absolute Gasteiger partial charge is 0.330 e. The van der Waals surface area contributed by atoms with E-state index in [4.69, 9.17) is 16.0 Å². The van der Waals surface area contributed by atoms with E-state index in [1.807, 2.05) is 0 Å². The first-order chi connectivity index (χ1) is 9.06. The van der Waals surface area contributed by atoms with Crippen LogP contribution >= 0.6 is 0 Å². The van der Waals surface area contributed by atoms with Gasteiger partial charge in [-0.05, 0) is 12.5 Å². The molecule has 0 spiro atoms. The molecule has 1 aliphatic rings. The van der Waals surface area contributed by atoms with Gasteiger partial charge >= 0.3 is 5.69 Å². The van der Waals surface area contributed by atoms with Crippen LogP contribution in [0.1, 0.15) is 18.2 Å². The molecule has 102 valence electrons. The van der Waals surface area contributed by atoms with E-state index in [-0.39, 0.29) is 6.54 Å². The van der Waals surface area contributed by atoms with E-state index in [0.717, 1.165) is 0 Å². The summed E-state index contributed by atoms with van der Waals surface area (Å²) in [6, 6.07) is -0.417. The van der Waals surface area contributed by atoms with Crippen molar-refractivity contribution in [3.63, 3.8) is 0 Å². The van der Waals surface area contributed by atoms with Crippen molar-refractivity contribution in [3.8, 4) is 0 Å². The van der Waals surface area contributed by atoms with Gasteiger partial charge in [0.05, 0.1) is 12.1 Å². The largest absolute Gasteiger partial charge is 0.353 e. The first-order valence-corrected chi connectivity index (χ1v) is 5.78. The summed E-state index contributed by atoms with van der Waals surface area (Å²) in [4.78, 5) is 28.0. The molecule has 1 aromatic heterocycles. The van der Waals surface area contributed by atoms with Crippen LogP contribution in [0.5, 0.6) is 0 Å². The van der Waals surface area contributed by atoms with Gasteiger partial charge in [-0.1, -0.05) is 5.11 Å². The lowest BCUT2D eigenvalue weighted by Gasteiger charge is -2.15. The summed E-state index contributed by atoms with van der Waals surface area (Å²) >= 11 is 0. The molecule has 1 aliphatic heterocycles. The third-order valence-electron chi connectivity index (χ3n) is 3.09. The average molecular weight is 266 g/mol. The lowest BCUT2D eigenvalue weighted by Crippen LogP contribution is -2.33. The lowest BCUT2D eigenvalue weighted by atomic mass is 10.1. The zero-order valence-electron chi connectivity index (χ0n) is 10.3. The number of nitrogens with two attached hydrogens (primary N) is 1. The minimum absolute atomic E-state index is 0.192. The minimum atomic E-state index is -0.591. The molecule has 0 radical (unpaired) electrons. The molecular weight excluding hydrogens is 252 g/mol. The molecule has 1 fully saturated rings. The van der Waals surface area contributed by atoms with Crippen LogP contribution in [0.2, 0.25) is 0 Å². The number of aromatic nitrogens is 2. The van der Waals surface area contributed by atoms with Crippen molar-refractivity contribution in [2.45, 2.75) is 31.7 Å². The van der Waals surface area contributed by atoms with Crippen molar-refractivity contribution in [3.05, 3.63) is 43.0 Å². The third kappa shape index (κ3) is 2.53. The molecule has 1 saturated heterocycles. The summed E-state index contributed by atoms with van der Waals surface area (Å²) < 4.78 is 6.87. The molecule has 9 heteroatoms. The predicted molar refractivity (Wildman–Crippen MR) is 66.6 cm³/mol. The van der Waals surface area contributed by atoms with Crippen LogP contribution in [0.15, 0.2) is 20.9 Å². The highest BCUT2D eigenvalue weighted by Crippen LogP contribution is 2.29. The van der Waals surface area contributed by atoms with Crippen LogP contribution in [0.3, 0.4) is 0 Å². The molecule has 2 rings (SSSR count). The number of aryl methyl sites for hydroxylation is 1. The monoisotopic (exact) mass is 266 g/mol. The van der Waals surface area contributed by atoms with Crippen molar-refractivity contribution in [1.82, 2.24) is 9.55 Å². The summed E-state index contributed by atoms with van der Waals surface area (Å²) in [5, 5.41) is 3.61. The summed E-state index contributed by atoms with van der Waals surface area (Å²) in [5.41, 5.74) is 13.4. The molecule has 3 N–H and O–H groups in total. The van der Waals surface area contributed by atoms with Crippen LogP contribution in [0.4, 0.5) is 0 Å². The fourth-order valence-electron chi connectivity index (χ4n) is 2.09. The number of hydrogen-bond donors (Lipinski definition) is 2. The zero-order valence-corrected chi connectivity index (χ0v) is 10.3. The topological polar surface area (TPSA) is 139 Å². The molecule has 0 aromatic carbocycles. The van der Waals surface area contributed by atoms with Gasteiger partial charge in [-0.3, -0.25) is 14.3 Å². The van der Waals surface area contributed by atoms with E-state index < -0.39 is 29.6 Å².